The van der Waals surface area contributed by atoms with Gasteiger partial charge in [0, 0.05) is 18.6 Å². The molecular weight excluding hydrogens is 360 g/mol. The number of ether oxygens (including phenoxy) is 1. The van der Waals surface area contributed by atoms with Gasteiger partial charge in [-0.25, -0.2) is 0 Å². The number of hydrogen-bond donors (Lipinski definition) is 0. The quantitative estimate of drug-likeness (QED) is 0.282. The van der Waals surface area contributed by atoms with Crippen molar-refractivity contribution in [3.63, 3.8) is 0 Å². The second kappa shape index (κ2) is 11.5. The van der Waals surface area contributed by atoms with Crippen LogP contribution in [0.5, 0.6) is 0 Å². The first-order chi connectivity index (χ1) is 13.5. The Morgan fingerprint density at radius 3 is 1.75 bits per heavy atom. The van der Waals surface area contributed by atoms with Gasteiger partial charge in [0.05, 0.1) is 6.61 Å². The van der Waals surface area contributed by atoms with E-state index in [-0.39, 0.29) is 5.41 Å². The van der Waals surface area contributed by atoms with Crippen molar-refractivity contribution in [1.82, 2.24) is 0 Å². The molecular formula is C25H38O2Si. The van der Waals surface area contributed by atoms with Crippen LogP contribution in [0.1, 0.15) is 37.8 Å². The molecule has 0 aliphatic carbocycles. The maximum atomic E-state index is 6.67. The lowest BCUT2D eigenvalue weighted by atomic mass is 9.78. The first-order valence-corrected chi connectivity index (χ1v) is 13.9. The van der Waals surface area contributed by atoms with Gasteiger partial charge in [-0.2, -0.15) is 0 Å². The summed E-state index contributed by atoms with van der Waals surface area (Å²) in [6, 6.07) is 22.8. The summed E-state index contributed by atoms with van der Waals surface area (Å²) in [5.41, 5.74) is 2.67. The molecule has 154 valence electrons. The van der Waals surface area contributed by atoms with E-state index in [1.54, 1.807) is 0 Å². The molecule has 0 radical (unpaired) electrons. The largest absolute Gasteiger partial charge is 0.417 e. The zero-order valence-electron chi connectivity index (χ0n) is 18.2. The topological polar surface area (TPSA) is 18.5 Å². The maximum absolute atomic E-state index is 6.67. The fourth-order valence-electron chi connectivity index (χ4n) is 3.82. The summed E-state index contributed by atoms with van der Waals surface area (Å²) in [6.45, 7) is 11.4. The molecule has 0 saturated carbocycles. The van der Waals surface area contributed by atoms with E-state index in [1.807, 2.05) is 0 Å². The minimum Gasteiger partial charge on any atom is -0.417 e. The van der Waals surface area contributed by atoms with Gasteiger partial charge in [-0.05, 0) is 49.5 Å². The lowest BCUT2D eigenvalue weighted by Crippen LogP contribution is -2.42. The molecule has 2 aromatic carbocycles. The van der Waals surface area contributed by atoms with E-state index < -0.39 is 8.32 Å². The second-order valence-corrected chi connectivity index (χ2v) is 13.0. The summed E-state index contributed by atoms with van der Waals surface area (Å²) in [7, 11) is -1.65. The van der Waals surface area contributed by atoms with Gasteiger partial charge in [0.25, 0.3) is 0 Å². The molecule has 0 aliphatic heterocycles. The van der Waals surface area contributed by atoms with Crippen molar-refractivity contribution in [2.75, 3.05) is 19.8 Å². The van der Waals surface area contributed by atoms with E-state index in [9.17, 15) is 0 Å². The Morgan fingerprint density at radius 2 is 1.29 bits per heavy atom. The smallest absolute Gasteiger partial charge is 0.186 e. The monoisotopic (exact) mass is 398 g/mol. The Morgan fingerprint density at radius 1 is 0.750 bits per heavy atom. The fourth-order valence-corrected chi connectivity index (χ4v) is 5.87. The van der Waals surface area contributed by atoms with Crippen LogP contribution in [-0.4, -0.2) is 28.1 Å². The first kappa shape index (κ1) is 22.9. The van der Waals surface area contributed by atoms with Crippen LogP contribution in [0.3, 0.4) is 0 Å². The standard InChI is InChI=1S/C25H38O2Si/c1-5-17-26-21-25(19-23-13-9-7-10-14-23,20-24-15-11-8-12-16-24)22-27-28(3,4)18-6-2/h7-16H,5-6,17-22H2,1-4H3. The highest BCUT2D eigenvalue weighted by Gasteiger charge is 2.34. The Bertz CT molecular complexity index is 613. The highest BCUT2D eigenvalue weighted by atomic mass is 28.4. The van der Waals surface area contributed by atoms with E-state index >= 15 is 0 Å². The van der Waals surface area contributed by atoms with Crippen LogP contribution < -0.4 is 0 Å². The summed E-state index contributed by atoms with van der Waals surface area (Å²) < 4.78 is 12.8. The van der Waals surface area contributed by atoms with E-state index in [1.165, 1.54) is 23.6 Å². The number of benzene rings is 2. The molecule has 28 heavy (non-hydrogen) atoms. The van der Waals surface area contributed by atoms with Crippen molar-refractivity contribution in [1.29, 1.82) is 0 Å². The predicted molar refractivity (Wildman–Crippen MR) is 122 cm³/mol. The lowest BCUT2D eigenvalue weighted by Gasteiger charge is -2.37. The third-order valence-electron chi connectivity index (χ3n) is 5.22. The van der Waals surface area contributed by atoms with Gasteiger partial charge in [0.1, 0.15) is 0 Å². The fraction of sp³-hybridized carbons (Fsp3) is 0.520. The van der Waals surface area contributed by atoms with E-state index in [0.717, 1.165) is 39.1 Å². The highest BCUT2D eigenvalue weighted by molar-refractivity contribution is 6.71. The van der Waals surface area contributed by atoms with E-state index in [0.29, 0.717) is 0 Å². The van der Waals surface area contributed by atoms with Gasteiger partial charge >= 0.3 is 0 Å². The van der Waals surface area contributed by atoms with Gasteiger partial charge in [-0.3, -0.25) is 0 Å². The molecule has 3 heteroatoms. The molecule has 0 saturated heterocycles. The minimum absolute atomic E-state index is 0.0457. The second-order valence-electron chi connectivity index (χ2n) is 8.68. The number of rotatable bonds is 13. The molecule has 2 rings (SSSR count). The highest BCUT2D eigenvalue weighted by Crippen LogP contribution is 2.31. The zero-order chi connectivity index (χ0) is 20.3. The molecule has 2 aromatic rings. The molecule has 0 spiro atoms. The summed E-state index contributed by atoms with van der Waals surface area (Å²) in [5.74, 6) is 0. The van der Waals surface area contributed by atoms with Crippen LogP contribution in [-0.2, 0) is 22.0 Å². The van der Waals surface area contributed by atoms with Crippen LogP contribution in [0, 0.1) is 5.41 Å². The normalized spacial score (nSPS) is 12.3. The van der Waals surface area contributed by atoms with Crippen LogP contribution in [0.15, 0.2) is 60.7 Å². The molecule has 0 N–H and O–H groups in total. The molecule has 0 amide bonds. The van der Waals surface area contributed by atoms with Gasteiger partial charge in [0.2, 0.25) is 0 Å². The Hall–Kier alpha value is -1.42. The van der Waals surface area contributed by atoms with Crippen LogP contribution in [0.2, 0.25) is 19.1 Å². The van der Waals surface area contributed by atoms with Crippen LogP contribution in [0.4, 0.5) is 0 Å². The third-order valence-corrected chi connectivity index (χ3v) is 7.85. The Labute approximate surface area is 173 Å². The number of hydrogen-bond acceptors (Lipinski definition) is 2. The van der Waals surface area contributed by atoms with Gasteiger partial charge in [-0.15, -0.1) is 0 Å². The average Bonchev–Trinajstić information content (AvgIpc) is 2.68. The van der Waals surface area contributed by atoms with Crippen molar-refractivity contribution >= 4 is 8.32 Å². The average molecular weight is 399 g/mol. The minimum atomic E-state index is -1.65. The predicted octanol–water partition coefficient (Wildman–Crippen LogP) is 6.52. The molecule has 0 aliphatic rings. The summed E-state index contributed by atoms with van der Waals surface area (Å²) in [4.78, 5) is 0. The van der Waals surface area contributed by atoms with Crippen molar-refractivity contribution in [2.45, 2.75) is 58.7 Å². The summed E-state index contributed by atoms with van der Waals surface area (Å²) >= 11 is 0. The van der Waals surface area contributed by atoms with Gasteiger partial charge in [-0.1, -0.05) is 80.9 Å². The zero-order valence-corrected chi connectivity index (χ0v) is 19.2. The van der Waals surface area contributed by atoms with Gasteiger partial charge in [0.15, 0.2) is 8.32 Å². The first-order valence-electron chi connectivity index (χ1n) is 10.8. The lowest BCUT2D eigenvalue weighted by molar-refractivity contribution is 0.0109. The van der Waals surface area contributed by atoms with Crippen LogP contribution >= 0.6 is 0 Å². The van der Waals surface area contributed by atoms with Gasteiger partial charge < -0.3 is 9.16 Å². The summed E-state index contributed by atoms with van der Waals surface area (Å²) in [5, 5.41) is 0. The molecule has 0 unspecified atom stereocenters. The van der Waals surface area contributed by atoms with Crippen molar-refractivity contribution in [2.24, 2.45) is 5.41 Å². The summed E-state index contributed by atoms with van der Waals surface area (Å²) in [6.07, 6.45) is 4.19. The maximum Gasteiger partial charge on any atom is 0.186 e. The van der Waals surface area contributed by atoms with Crippen molar-refractivity contribution < 1.29 is 9.16 Å². The SMILES string of the molecule is CCCOCC(CO[Si](C)(C)CCC)(Cc1ccccc1)Cc1ccccc1. The van der Waals surface area contributed by atoms with E-state index in [4.69, 9.17) is 9.16 Å². The van der Waals surface area contributed by atoms with Crippen molar-refractivity contribution in [3.8, 4) is 0 Å². The van der Waals surface area contributed by atoms with Crippen molar-refractivity contribution in [3.05, 3.63) is 71.8 Å². The molecule has 0 heterocycles. The third kappa shape index (κ3) is 7.90. The van der Waals surface area contributed by atoms with Crippen LogP contribution in [0.25, 0.3) is 0 Å². The Kier molecular flexibility index (Phi) is 9.43. The molecule has 0 atom stereocenters. The molecule has 2 nitrogen and oxygen atoms in total. The Balaban J connectivity index is 2.28. The molecule has 0 aromatic heterocycles. The van der Waals surface area contributed by atoms with E-state index in [2.05, 4.69) is 87.6 Å². The molecule has 0 bridgehead atoms. The molecule has 0 fully saturated rings.